The van der Waals surface area contributed by atoms with Gasteiger partial charge < -0.3 is 20.5 Å². The molecule has 0 atom stereocenters. The summed E-state index contributed by atoms with van der Waals surface area (Å²) in [4.78, 5) is 16.6. The number of anilines is 3. The van der Waals surface area contributed by atoms with E-state index in [0.29, 0.717) is 11.4 Å². The van der Waals surface area contributed by atoms with Crippen molar-refractivity contribution in [3.05, 3.63) is 103 Å². The first-order valence-corrected chi connectivity index (χ1v) is 10.1. The van der Waals surface area contributed by atoms with E-state index in [0.717, 1.165) is 29.7 Å². The van der Waals surface area contributed by atoms with E-state index in [-0.39, 0.29) is 12.5 Å². The number of aliphatic hydroxyl groups is 1. The van der Waals surface area contributed by atoms with E-state index < -0.39 is 0 Å². The lowest BCUT2D eigenvalue weighted by molar-refractivity contribution is -0.118. The number of carbonyl (C=O) groups excluding carboxylic acids is 1. The number of ether oxygens (including phenoxy) is 1. The van der Waals surface area contributed by atoms with Gasteiger partial charge in [0.25, 0.3) is 5.91 Å². The van der Waals surface area contributed by atoms with E-state index in [4.69, 9.17) is 9.84 Å². The third kappa shape index (κ3) is 6.68. The maximum Gasteiger partial charge on any atom is 0.262 e. The number of hydrogen-bond donors (Lipinski definition) is 3. The summed E-state index contributed by atoms with van der Waals surface area (Å²) in [6, 6.07) is 30.8. The number of pyridine rings is 1. The van der Waals surface area contributed by atoms with Crippen molar-refractivity contribution in [1.29, 1.82) is 0 Å². The summed E-state index contributed by atoms with van der Waals surface area (Å²) >= 11 is 0. The first-order valence-electron chi connectivity index (χ1n) is 10.1. The average molecular weight is 428 g/mol. The van der Waals surface area contributed by atoms with E-state index in [1.807, 2.05) is 97.1 Å². The number of aromatic nitrogens is 1. The standard InChI is InChI=1S/C25H21N3O2.CH4O/c29-25(18-30-23-12-5-2-6-13-23)28-22-11-7-8-19(16-22)20-14-15-26-24(17-20)27-21-9-3-1-4-10-21;1-2/h1-17H,18H2,(H,26,27)(H,28,29);2H,1H3. The van der Waals surface area contributed by atoms with Crippen LogP contribution in [-0.4, -0.2) is 29.7 Å². The Morgan fingerprint density at radius 3 is 2.22 bits per heavy atom. The van der Waals surface area contributed by atoms with E-state index in [9.17, 15) is 4.79 Å². The van der Waals surface area contributed by atoms with Gasteiger partial charge in [-0.1, -0.05) is 48.5 Å². The zero-order valence-corrected chi connectivity index (χ0v) is 17.7. The predicted molar refractivity (Wildman–Crippen MR) is 128 cm³/mol. The first-order chi connectivity index (χ1) is 15.8. The quantitative estimate of drug-likeness (QED) is 0.381. The molecule has 1 heterocycles. The summed E-state index contributed by atoms with van der Waals surface area (Å²) in [6.07, 6.45) is 1.76. The molecule has 3 N–H and O–H groups in total. The highest BCUT2D eigenvalue weighted by molar-refractivity contribution is 5.92. The molecule has 0 saturated heterocycles. The third-order valence-electron chi connectivity index (χ3n) is 4.40. The van der Waals surface area contributed by atoms with Crippen molar-refractivity contribution in [3.8, 4) is 16.9 Å². The van der Waals surface area contributed by atoms with Crippen LogP contribution in [-0.2, 0) is 4.79 Å². The molecule has 32 heavy (non-hydrogen) atoms. The van der Waals surface area contributed by atoms with Crippen molar-refractivity contribution in [2.75, 3.05) is 24.4 Å². The number of nitrogens with zero attached hydrogens (tertiary/aromatic N) is 1. The average Bonchev–Trinajstić information content (AvgIpc) is 2.86. The SMILES string of the molecule is CO.O=C(COc1ccccc1)Nc1cccc(-c2ccnc(Nc3ccccc3)c2)c1. The fourth-order valence-corrected chi connectivity index (χ4v) is 2.99. The fraction of sp³-hybridized carbons (Fsp3) is 0.0769. The Bertz CT molecular complexity index is 1120. The molecule has 4 rings (SSSR count). The van der Waals surface area contributed by atoms with Gasteiger partial charge in [0.1, 0.15) is 11.6 Å². The number of amides is 1. The second-order valence-electron chi connectivity index (χ2n) is 6.65. The lowest BCUT2D eigenvalue weighted by Gasteiger charge is -2.10. The molecule has 0 aliphatic carbocycles. The van der Waals surface area contributed by atoms with Crippen molar-refractivity contribution in [1.82, 2.24) is 4.98 Å². The maximum absolute atomic E-state index is 12.2. The molecule has 0 bridgehead atoms. The van der Waals surface area contributed by atoms with Crippen LogP contribution in [0.25, 0.3) is 11.1 Å². The van der Waals surface area contributed by atoms with Crippen molar-refractivity contribution in [2.45, 2.75) is 0 Å². The number of carbonyl (C=O) groups is 1. The predicted octanol–water partition coefficient (Wildman–Crippen LogP) is 5.12. The number of nitrogens with one attached hydrogen (secondary N) is 2. The van der Waals surface area contributed by atoms with E-state index in [1.54, 1.807) is 6.20 Å². The van der Waals surface area contributed by atoms with Crippen LogP contribution in [0.4, 0.5) is 17.2 Å². The van der Waals surface area contributed by atoms with E-state index >= 15 is 0 Å². The minimum atomic E-state index is -0.211. The number of benzene rings is 3. The smallest absolute Gasteiger partial charge is 0.262 e. The molecule has 0 fully saturated rings. The highest BCUT2D eigenvalue weighted by Crippen LogP contribution is 2.25. The Hall–Kier alpha value is -4.16. The first kappa shape index (κ1) is 22.5. The number of hydrogen-bond acceptors (Lipinski definition) is 5. The molecular formula is C26H25N3O3. The highest BCUT2D eigenvalue weighted by atomic mass is 16.5. The largest absolute Gasteiger partial charge is 0.484 e. The van der Waals surface area contributed by atoms with Gasteiger partial charge in [0, 0.05) is 24.7 Å². The Morgan fingerprint density at radius 1 is 0.812 bits per heavy atom. The molecule has 0 aliphatic heterocycles. The van der Waals surface area contributed by atoms with Gasteiger partial charge in [-0.2, -0.15) is 0 Å². The number of aliphatic hydroxyl groups excluding tert-OH is 1. The second kappa shape index (κ2) is 11.9. The van der Waals surface area contributed by atoms with Crippen molar-refractivity contribution < 1.29 is 14.6 Å². The van der Waals surface area contributed by atoms with Gasteiger partial charge in [0.2, 0.25) is 0 Å². The summed E-state index contributed by atoms with van der Waals surface area (Å²) in [7, 11) is 1.00. The third-order valence-corrected chi connectivity index (χ3v) is 4.40. The summed E-state index contributed by atoms with van der Waals surface area (Å²) in [5.41, 5.74) is 3.67. The van der Waals surface area contributed by atoms with Gasteiger partial charge >= 0.3 is 0 Å². The zero-order chi connectivity index (χ0) is 22.6. The van der Waals surface area contributed by atoms with Crippen LogP contribution in [0, 0.1) is 0 Å². The zero-order valence-electron chi connectivity index (χ0n) is 17.7. The normalized spacial score (nSPS) is 9.81. The molecule has 0 unspecified atom stereocenters. The van der Waals surface area contributed by atoms with Crippen LogP contribution in [0.5, 0.6) is 5.75 Å². The summed E-state index contributed by atoms with van der Waals surface area (Å²) in [5.74, 6) is 1.21. The van der Waals surface area contributed by atoms with Crippen molar-refractivity contribution in [2.24, 2.45) is 0 Å². The van der Waals surface area contributed by atoms with Gasteiger partial charge in [-0.15, -0.1) is 0 Å². The molecule has 0 radical (unpaired) electrons. The van der Waals surface area contributed by atoms with Crippen LogP contribution >= 0.6 is 0 Å². The van der Waals surface area contributed by atoms with Crippen molar-refractivity contribution >= 4 is 23.1 Å². The van der Waals surface area contributed by atoms with Gasteiger partial charge in [0.05, 0.1) is 0 Å². The van der Waals surface area contributed by atoms with Gasteiger partial charge in [-0.25, -0.2) is 4.98 Å². The summed E-state index contributed by atoms with van der Waals surface area (Å²) in [6.45, 7) is -0.0470. The van der Waals surface area contributed by atoms with Crippen molar-refractivity contribution in [3.63, 3.8) is 0 Å². The minimum Gasteiger partial charge on any atom is -0.484 e. The fourth-order valence-electron chi connectivity index (χ4n) is 2.99. The number of rotatable bonds is 7. The van der Waals surface area contributed by atoms with Crippen LogP contribution in [0.2, 0.25) is 0 Å². The lowest BCUT2D eigenvalue weighted by Crippen LogP contribution is -2.20. The van der Waals surface area contributed by atoms with Crippen LogP contribution in [0.3, 0.4) is 0 Å². The minimum absolute atomic E-state index is 0.0470. The molecule has 4 aromatic rings. The molecule has 162 valence electrons. The molecule has 6 heteroatoms. The maximum atomic E-state index is 12.2. The summed E-state index contributed by atoms with van der Waals surface area (Å²) < 4.78 is 5.50. The number of para-hydroxylation sites is 2. The Balaban J connectivity index is 0.00000141. The Kier molecular flexibility index (Phi) is 8.36. The molecule has 6 nitrogen and oxygen atoms in total. The van der Waals surface area contributed by atoms with Gasteiger partial charge in [-0.3, -0.25) is 4.79 Å². The van der Waals surface area contributed by atoms with Crippen LogP contribution in [0.1, 0.15) is 0 Å². The monoisotopic (exact) mass is 427 g/mol. The molecule has 0 spiro atoms. The molecular weight excluding hydrogens is 402 g/mol. The van der Waals surface area contributed by atoms with Crippen LogP contribution in [0.15, 0.2) is 103 Å². The molecule has 1 aromatic heterocycles. The molecule has 3 aromatic carbocycles. The molecule has 1 amide bonds. The summed E-state index contributed by atoms with van der Waals surface area (Å²) in [5, 5.41) is 13.2. The Labute approximate surface area is 187 Å². The van der Waals surface area contributed by atoms with E-state index in [2.05, 4.69) is 15.6 Å². The highest BCUT2D eigenvalue weighted by Gasteiger charge is 2.06. The van der Waals surface area contributed by atoms with E-state index in [1.165, 1.54) is 0 Å². The molecule has 0 saturated carbocycles. The lowest BCUT2D eigenvalue weighted by atomic mass is 10.1. The second-order valence-corrected chi connectivity index (χ2v) is 6.65. The van der Waals surface area contributed by atoms with Gasteiger partial charge in [0.15, 0.2) is 6.61 Å². The molecule has 0 aliphatic rings. The topological polar surface area (TPSA) is 83.5 Å². The van der Waals surface area contributed by atoms with Gasteiger partial charge in [-0.05, 0) is 59.7 Å². The van der Waals surface area contributed by atoms with Crippen LogP contribution < -0.4 is 15.4 Å². The Morgan fingerprint density at radius 2 is 1.47 bits per heavy atom.